The van der Waals surface area contributed by atoms with E-state index in [9.17, 15) is 4.39 Å². The van der Waals surface area contributed by atoms with Crippen molar-refractivity contribution in [2.75, 3.05) is 18.4 Å². The lowest BCUT2D eigenvalue weighted by atomic mass is 10.3. The minimum absolute atomic E-state index is 0. The molecule has 0 amide bonds. The maximum atomic E-state index is 13.4. The molecule has 0 atom stereocenters. The van der Waals surface area contributed by atoms with E-state index in [0.29, 0.717) is 25.2 Å². The lowest BCUT2D eigenvalue weighted by molar-refractivity contribution is 0.597. The Bertz CT molecular complexity index is 282. The van der Waals surface area contributed by atoms with E-state index < -0.39 is 0 Å². The monoisotopic (exact) mass is 220 g/mol. The topological polar surface area (TPSA) is 63.8 Å². The van der Waals surface area contributed by atoms with Gasteiger partial charge in [-0.05, 0) is 6.42 Å². The van der Waals surface area contributed by atoms with E-state index in [-0.39, 0.29) is 24.0 Å². The summed E-state index contributed by atoms with van der Waals surface area (Å²) in [4.78, 5) is 7.58. The third-order valence-corrected chi connectivity index (χ3v) is 1.63. The van der Waals surface area contributed by atoms with Crippen LogP contribution in [0.3, 0.4) is 0 Å². The number of rotatable bonds is 4. The average Bonchev–Trinajstić information content (AvgIpc) is 2.16. The van der Waals surface area contributed by atoms with Crippen molar-refractivity contribution in [2.24, 2.45) is 5.73 Å². The van der Waals surface area contributed by atoms with Crippen molar-refractivity contribution in [3.05, 3.63) is 17.8 Å². The molecule has 0 unspecified atom stereocenters. The van der Waals surface area contributed by atoms with Gasteiger partial charge < -0.3 is 11.1 Å². The van der Waals surface area contributed by atoms with Gasteiger partial charge in [-0.1, -0.05) is 6.92 Å². The highest BCUT2D eigenvalue weighted by Crippen LogP contribution is 2.12. The standard InChI is InChI=1S/C8H13FN4.ClH/c1-2-6-7(9)8(11-4-3-10)13-5-12-6;/h5H,2-4,10H2,1H3,(H,11,12,13);1H. The van der Waals surface area contributed by atoms with E-state index in [1.807, 2.05) is 6.92 Å². The van der Waals surface area contributed by atoms with E-state index in [0.717, 1.165) is 0 Å². The zero-order valence-corrected chi connectivity index (χ0v) is 8.77. The summed E-state index contributed by atoms with van der Waals surface area (Å²) < 4.78 is 13.4. The quantitative estimate of drug-likeness (QED) is 0.794. The van der Waals surface area contributed by atoms with Gasteiger partial charge in [0.1, 0.15) is 6.33 Å². The number of nitrogens with one attached hydrogen (secondary N) is 1. The van der Waals surface area contributed by atoms with Gasteiger partial charge in [-0.15, -0.1) is 12.4 Å². The molecule has 1 heterocycles. The third kappa shape index (κ3) is 3.08. The predicted molar refractivity (Wildman–Crippen MR) is 56.2 cm³/mol. The fourth-order valence-corrected chi connectivity index (χ4v) is 0.967. The summed E-state index contributed by atoms with van der Waals surface area (Å²) in [6.45, 7) is 2.81. The first-order valence-corrected chi connectivity index (χ1v) is 4.23. The van der Waals surface area contributed by atoms with Crippen LogP contribution in [0.15, 0.2) is 6.33 Å². The summed E-state index contributed by atoms with van der Waals surface area (Å²) in [5, 5.41) is 2.79. The zero-order chi connectivity index (χ0) is 9.68. The van der Waals surface area contributed by atoms with E-state index >= 15 is 0 Å². The Morgan fingerprint density at radius 2 is 2.21 bits per heavy atom. The molecule has 0 aliphatic carbocycles. The largest absolute Gasteiger partial charge is 0.366 e. The van der Waals surface area contributed by atoms with Crippen molar-refractivity contribution in [3.8, 4) is 0 Å². The van der Waals surface area contributed by atoms with Crippen molar-refractivity contribution in [1.29, 1.82) is 0 Å². The molecular formula is C8H14ClFN4. The molecule has 0 aliphatic heterocycles. The van der Waals surface area contributed by atoms with Crippen LogP contribution in [0.5, 0.6) is 0 Å². The van der Waals surface area contributed by atoms with Crippen molar-refractivity contribution in [1.82, 2.24) is 9.97 Å². The number of anilines is 1. The summed E-state index contributed by atoms with van der Waals surface area (Å²) in [7, 11) is 0. The van der Waals surface area contributed by atoms with Crippen LogP contribution in [-0.2, 0) is 6.42 Å². The lowest BCUT2D eigenvalue weighted by Crippen LogP contribution is -2.15. The highest BCUT2D eigenvalue weighted by Gasteiger charge is 2.07. The Morgan fingerprint density at radius 3 is 2.79 bits per heavy atom. The van der Waals surface area contributed by atoms with Crippen LogP contribution in [-0.4, -0.2) is 23.1 Å². The van der Waals surface area contributed by atoms with Gasteiger partial charge in [0.2, 0.25) is 0 Å². The van der Waals surface area contributed by atoms with Gasteiger partial charge in [0.15, 0.2) is 11.6 Å². The van der Waals surface area contributed by atoms with Gasteiger partial charge in [-0.2, -0.15) is 0 Å². The average molecular weight is 221 g/mol. The number of halogens is 2. The highest BCUT2D eigenvalue weighted by molar-refractivity contribution is 5.85. The fraction of sp³-hybridized carbons (Fsp3) is 0.500. The number of nitrogens with two attached hydrogens (primary N) is 1. The van der Waals surface area contributed by atoms with Gasteiger partial charge >= 0.3 is 0 Å². The number of nitrogens with zero attached hydrogens (tertiary/aromatic N) is 2. The van der Waals surface area contributed by atoms with Gasteiger partial charge in [0.25, 0.3) is 0 Å². The number of aromatic nitrogens is 2. The first-order chi connectivity index (χ1) is 6.29. The number of hydrogen-bond donors (Lipinski definition) is 2. The molecule has 3 N–H and O–H groups in total. The molecule has 0 saturated heterocycles. The first-order valence-electron chi connectivity index (χ1n) is 4.23. The molecular weight excluding hydrogens is 207 g/mol. The maximum absolute atomic E-state index is 13.4. The molecule has 0 aliphatic rings. The van der Waals surface area contributed by atoms with Gasteiger partial charge in [-0.25, -0.2) is 14.4 Å². The minimum atomic E-state index is -0.376. The molecule has 1 aromatic rings. The fourth-order valence-electron chi connectivity index (χ4n) is 0.967. The normalized spacial score (nSPS) is 9.36. The zero-order valence-electron chi connectivity index (χ0n) is 7.96. The molecule has 0 radical (unpaired) electrons. The van der Waals surface area contributed by atoms with Crippen LogP contribution < -0.4 is 11.1 Å². The van der Waals surface area contributed by atoms with E-state index in [4.69, 9.17) is 5.73 Å². The molecule has 14 heavy (non-hydrogen) atoms. The maximum Gasteiger partial charge on any atom is 0.186 e. The molecule has 0 saturated carbocycles. The van der Waals surface area contributed by atoms with E-state index in [1.54, 1.807) is 0 Å². The van der Waals surface area contributed by atoms with Crippen LogP contribution >= 0.6 is 12.4 Å². The summed E-state index contributed by atoms with van der Waals surface area (Å²) in [6, 6.07) is 0. The molecule has 0 fully saturated rings. The summed E-state index contributed by atoms with van der Waals surface area (Å²) in [5.41, 5.74) is 5.69. The number of hydrogen-bond acceptors (Lipinski definition) is 4. The van der Waals surface area contributed by atoms with Crippen molar-refractivity contribution < 1.29 is 4.39 Å². The minimum Gasteiger partial charge on any atom is -0.366 e. The smallest absolute Gasteiger partial charge is 0.186 e. The summed E-state index contributed by atoms with van der Waals surface area (Å²) >= 11 is 0. The second-order valence-corrected chi connectivity index (χ2v) is 2.55. The Morgan fingerprint density at radius 1 is 1.50 bits per heavy atom. The Kier molecular flexibility index (Phi) is 6.07. The van der Waals surface area contributed by atoms with Crippen LogP contribution in [0.2, 0.25) is 0 Å². The molecule has 1 rings (SSSR count). The number of aryl methyl sites for hydroxylation is 1. The Balaban J connectivity index is 0.00000169. The third-order valence-electron chi connectivity index (χ3n) is 1.63. The molecule has 1 aromatic heterocycles. The van der Waals surface area contributed by atoms with Crippen molar-refractivity contribution in [2.45, 2.75) is 13.3 Å². The first kappa shape index (κ1) is 13.1. The second-order valence-electron chi connectivity index (χ2n) is 2.55. The van der Waals surface area contributed by atoms with Crippen molar-refractivity contribution >= 4 is 18.2 Å². The van der Waals surface area contributed by atoms with Crippen LogP contribution in [0.4, 0.5) is 10.2 Å². The van der Waals surface area contributed by atoms with E-state index in [1.165, 1.54) is 6.33 Å². The Labute approximate surface area is 88.5 Å². The molecule has 0 aromatic carbocycles. The SMILES string of the molecule is CCc1ncnc(NCCN)c1F.Cl. The highest BCUT2D eigenvalue weighted by atomic mass is 35.5. The molecule has 0 bridgehead atoms. The van der Waals surface area contributed by atoms with Crippen LogP contribution in [0, 0.1) is 5.82 Å². The summed E-state index contributed by atoms with van der Waals surface area (Å²) in [5.74, 6) is -0.143. The van der Waals surface area contributed by atoms with Gasteiger partial charge in [0, 0.05) is 13.1 Å². The summed E-state index contributed by atoms with van der Waals surface area (Å²) in [6.07, 6.45) is 1.91. The van der Waals surface area contributed by atoms with Crippen LogP contribution in [0.25, 0.3) is 0 Å². The lowest BCUT2D eigenvalue weighted by Gasteiger charge is -2.06. The predicted octanol–water partition coefficient (Wildman–Crippen LogP) is 0.970. The molecule has 4 nitrogen and oxygen atoms in total. The van der Waals surface area contributed by atoms with E-state index in [2.05, 4.69) is 15.3 Å². The second kappa shape index (κ2) is 6.50. The Hall–Kier alpha value is -0.940. The molecule has 0 spiro atoms. The van der Waals surface area contributed by atoms with Gasteiger partial charge in [0.05, 0.1) is 5.69 Å². The molecule has 80 valence electrons. The van der Waals surface area contributed by atoms with Gasteiger partial charge in [-0.3, -0.25) is 0 Å². The van der Waals surface area contributed by atoms with Crippen LogP contribution in [0.1, 0.15) is 12.6 Å². The molecule has 6 heteroatoms. The van der Waals surface area contributed by atoms with Crippen molar-refractivity contribution in [3.63, 3.8) is 0 Å².